The number of alkyl halides is 1. The summed E-state index contributed by atoms with van der Waals surface area (Å²) in [6.45, 7) is 0. The second kappa shape index (κ2) is 4.65. The van der Waals surface area contributed by atoms with Crippen molar-refractivity contribution >= 4 is 40.2 Å². The highest BCUT2D eigenvalue weighted by Crippen LogP contribution is 2.22. The lowest BCUT2D eigenvalue weighted by Gasteiger charge is -2.00. The predicted octanol–water partition coefficient (Wildman–Crippen LogP) is 4.14. The molecule has 0 atom stereocenters. The molecule has 0 aliphatic heterocycles. The molecule has 2 aromatic rings. The largest absolute Gasteiger partial charge is 0.256 e. The van der Waals surface area contributed by atoms with E-state index < -0.39 is 0 Å². The predicted molar refractivity (Wildman–Crippen MR) is 66.5 cm³/mol. The fraction of sp³-hybridized carbons (Fsp3) is 0.0833. The summed E-state index contributed by atoms with van der Waals surface area (Å²) in [6, 6.07) is 7.75. The molecule has 0 aliphatic rings. The lowest BCUT2D eigenvalue weighted by Crippen LogP contribution is -1.80. The molecule has 0 fully saturated rings. The Hall–Kier alpha value is -1.05. The van der Waals surface area contributed by atoms with Gasteiger partial charge in [0.2, 0.25) is 0 Å². The first-order valence-electron chi connectivity index (χ1n) is 4.58. The molecule has 3 heteroatoms. The van der Waals surface area contributed by atoms with Gasteiger partial charge in [-0.2, -0.15) is 0 Å². The fourth-order valence-electron chi connectivity index (χ4n) is 1.41. The summed E-state index contributed by atoms with van der Waals surface area (Å²) in [4.78, 5) is 4.26. The second-order valence-corrected chi connectivity index (χ2v) is 3.84. The van der Waals surface area contributed by atoms with Gasteiger partial charge in [-0.25, -0.2) is 0 Å². The second-order valence-electron chi connectivity index (χ2n) is 3.13. The van der Waals surface area contributed by atoms with Gasteiger partial charge in [0, 0.05) is 17.5 Å². The van der Waals surface area contributed by atoms with Crippen LogP contribution in [0.1, 0.15) is 5.56 Å². The zero-order valence-corrected chi connectivity index (χ0v) is 9.46. The van der Waals surface area contributed by atoms with Crippen LogP contribution in [0, 0.1) is 0 Å². The summed E-state index contributed by atoms with van der Waals surface area (Å²) in [5, 5.41) is 1.70. The van der Waals surface area contributed by atoms with Crippen molar-refractivity contribution in [2.75, 3.05) is 5.88 Å². The smallest absolute Gasteiger partial charge is 0.0722 e. The minimum atomic E-state index is 0.515. The molecule has 0 amide bonds. The SMILES string of the molecule is ClCC=Cc1ccc2c(Cl)ccnc2c1. The molecule has 0 aliphatic carbocycles. The lowest BCUT2D eigenvalue weighted by molar-refractivity contribution is 1.41. The van der Waals surface area contributed by atoms with Gasteiger partial charge in [-0.3, -0.25) is 4.98 Å². The van der Waals surface area contributed by atoms with E-state index >= 15 is 0 Å². The zero-order valence-electron chi connectivity index (χ0n) is 7.95. The number of allylic oxidation sites excluding steroid dienone is 1. The molecule has 0 bridgehead atoms. The Morgan fingerprint density at radius 1 is 1.27 bits per heavy atom. The van der Waals surface area contributed by atoms with Gasteiger partial charge < -0.3 is 0 Å². The maximum atomic E-state index is 6.03. The number of rotatable bonds is 2. The highest BCUT2D eigenvalue weighted by molar-refractivity contribution is 6.35. The average Bonchev–Trinajstić information content (AvgIpc) is 2.26. The molecule has 1 heterocycles. The molecule has 1 aromatic heterocycles. The van der Waals surface area contributed by atoms with Gasteiger partial charge in [0.05, 0.1) is 10.5 Å². The Labute approximate surface area is 98.3 Å². The molecule has 15 heavy (non-hydrogen) atoms. The highest BCUT2D eigenvalue weighted by Gasteiger charge is 1.99. The first-order chi connectivity index (χ1) is 7.31. The first kappa shape index (κ1) is 10.5. The lowest BCUT2D eigenvalue weighted by atomic mass is 10.1. The summed E-state index contributed by atoms with van der Waals surface area (Å²) >= 11 is 11.6. The maximum Gasteiger partial charge on any atom is 0.0722 e. The number of benzene rings is 1. The minimum absolute atomic E-state index is 0.515. The number of pyridine rings is 1. The van der Waals surface area contributed by atoms with E-state index in [9.17, 15) is 0 Å². The van der Waals surface area contributed by atoms with E-state index in [-0.39, 0.29) is 0 Å². The summed E-state index contributed by atoms with van der Waals surface area (Å²) in [5.41, 5.74) is 1.98. The Morgan fingerprint density at radius 3 is 2.93 bits per heavy atom. The van der Waals surface area contributed by atoms with E-state index in [1.54, 1.807) is 12.3 Å². The number of halogens is 2. The van der Waals surface area contributed by atoms with Crippen molar-refractivity contribution in [2.45, 2.75) is 0 Å². The van der Waals surface area contributed by atoms with E-state index in [1.807, 2.05) is 30.4 Å². The minimum Gasteiger partial charge on any atom is -0.256 e. The van der Waals surface area contributed by atoms with E-state index in [0.717, 1.165) is 21.5 Å². The van der Waals surface area contributed by atoms with Gasteiger partial charge in [0.15, 0.2) is 0 Å². The third-order valence-corrected chi connectivity index (χ3v) is 2.62. The summed E-state index contributed by atoms with van der Waals surface area (Å²) in [7, 11) is 0. The van der Waals surface area contributed by atoms with Crippen LogP contribution in [0.25, 0.3) is 17.0 Å². The van der Waals surface area contributed by atoms with Crippen LogP contribution in [0.3, 0.4) is 0 Å². The van der Waals surface area contributed by atoms with Crippen LogP contribution in [-0.2, 0) is 0 Å². The topological polar surface area (TPSA) is 12.9 Å². The van der Waals surface area contributed by atoms with E-state index in [1.165, 1.54) is 0 Å². The Bertz CT molecular complexity index is 506. The van der Waals surface area contributed by atoms with Gasteiger partial charge in [-0.1, -0.05) is 35.9 Å². The zero-order chi connectivity index (χ0) is 10.7. The van der Waals surface area contributed by atoms with Crippen molar-refractivity contribution in [1.82, 2.24) is 4.98 Å². The van der Waals surface area contributed by atoms with E-state index in [2.05, 4.69) is 4.98 Å². The number of fused-ring (bicyclic) bond motifs is 1. The monoisotopic (exact) mass is 237 g/mol. The van der Waals surface area contributed by atoms with Crippen LogP contribution in [0.5, 0.6) is 0 Å². The Kier molecular flexibility index (Phi) is 3.24. The van der Waals surface area contributed by atoms with Crippen molar-refractivity contribution in [2.24, 2.45) is 0 Å². The van der Waals surface area contributed by atoms with Crippen LogP contribution in [-0.4, -0.2) is 10.9 Å². The molecule has 0 N–H and O–H groups in total. The van der Waals surface area contributed by atoms with Crippen LogP contribution >= 0.6 is 23.2 Å². The highest BCUT2D eigenvalue weighted by atomic mass is 35.5. The Morgan fingerprint density at radius 2 is 2.13 bits per heavy atom. The van der Waals surface area contributed by atoms with Gasteiger partial charge >= 0.3 is 0 Å². The standard InChI is InChI=1S/C12H9Cl2N/c13-6-1-2-9-3-4-10-11(14)5-7-15-12(10)8-9/h1-5,7-8H,6H2. The molecule has 0 spiro atoms. The van der Waals surface area contributed by atoms with Gasteiger partial charge in [0.1, 0.15) is 0 Å². The molecule has 0 radical (unpaired) electrons. The van der Waals surface area contributed by atoms with Crippen molar-refractivity contribution < 1.29 is 0 Å². The molecule has 1 aromatic carbocycles. The normalized spacial score (nSPS) is 11.3. The van der Waals surface area contributed by atoms with Gasteiger partial charge in [0.25, 0.3) is 0 Å². The first-order valence-corrected chi connectivity index (χ1v) is 5.49. The van der Waals surface area contributed by atoms with Crippen LogP contribution in [0.2, 0.25) is 5.02 Å². The van der Waals surface area contributed by atoms with E-state index in [0.29, 0.717) is 5.88 Å². The molecular weight excluding hydrogens is 229 g/mol. The van der Waals surface area contributed by atoms with Crippen molar-refractivity contribution in [3.05, 3.63) is 47.1 Å². The maximum absolute atomic E-state index is 6.03. The van der Waals surface area contributed by atoms with Crippen molar-refractivity contribution in [1.29, 1.82) is 0 Å². The molecular formula is C12H9Cl2N. The third-order valence-electron chi connectivity index (χ3n) is 2.11. The molecule has 0 saturated heterocycles. The van der Waals surface area contributed by atoms with E-state index in [4.69, 9.17) is 23.2 Å². The number of hydrogen-bond donors (Lipinski definition) is 0. The summed E-state index contributed by atoms with van der Waals surface area (Å²) in [6.07, 6.45) is 5.57. The van der Waals surface area contributed by atoms with Crippen LogP contribution < -0.4 is 0 Å². The molecule has 0 unspecified atom stereocenters. The fourth-order valence-corrected chi connectivity index (χ4v) is 1.72. The third kappa shape index (κ3) is 2.31. The summed E-state index contributed by atoms with van der Waals surface area (Å²) in [5.74, 6) is 0.515. The van der Waals surface area contributed by atoms with Gasteiger partial charge in [-0.05, 0) is 17.7 Å². The van der Waals surface area contributed by atoms with Crippen molar-refractivity contribution in [3.8, 4) is 0 Å². The number of nitrogens with zero attached hydrogens (tertiary/aromatic N) is 1. The quantitative estimate of drug-likeness (QED) is 0.716. The average molecular weight is 238 g/mol. The summed E-state index contributed by atoms with van der Waals surface area (Å²) < 4.78 is 0. The van der Waals surface area contributed by atoms with Gasteiger partial charge in [-0.15, -0.1) is 11.6 Å². The number of hydrogen-bond acceptors (Lipinski definition) is 1. The molecule has 76 valence electrons. The number of aromatic nitrogens is 1. The molecule has 1 nitrogen and oxygen atoms in total. The molecule has 2 rings (SSSR count). The molecule has 0 saturated carbocycles. The Balaban J connectivity index is 2.52. The van der Waals surface area contributed by atoms with Crippen LogP contribution in [0.4, 0.5) is 0 Å². The van der Waals surface area contributed by atoms with Crippen LogP contribution in [0.15, 0.2) is 36.5 Å². The van der Waals surface area contributed by atoms with Crippen molar-refractivity contribution in [3.63, 3.8) is 0 Å².